The minimum absolute atomic E-state index is 0.0415. The summed E-state index contributed by atoms with van der Waals surface area (Å²) in [6, 6.07) is 12.7. The number of amides is 2. The van der Waals surface area contributed by atoms with E-state index in [0.717, 1.165) is 5.69 Å². The molecule has 0 radical (unpaired) electrons. The number of rotatable bonds is 4. The van der Waals surface area contributed by atoms with E-state index in [0.29, 0.717) is 62.3 Å². The van der Waals surface area contributed by atoms with Crippen molar-refractivity contribution >= 4 is 12.0 Å². The van der Waals surface area contributed by atoms with Gasteiger partial charge in [0.2, 0.25) is 0 Å². The number of aromatic nitrogens is 2. The van der Waals surface area contributed by atoms with Crippen LogP contribution in [0.5, 0.6) is 0 Å². The Kier molecular flexibility index (Phi) is 7.42. The van der Waals surface area contributed by atoms with Crippen LogP contribution in [0.25, 0.3) is 5.69 Å². The highest BCUT2D eigenvalue weighted by Crippen LogP contribution is 2.35. The topological polar surface area (TPSA) is 67.7 Å². The zero-order valence-electron chi connectivity index (χ0n) is 22.6. The molecule has 0 aliphatic carbocycles. The molecule has 1 unspecified atom stereocenters. The van der Waals surface area contributed by atoms with Crippen molar-refractivity contribution in [1.29, 1.82) is 0 Å². The summed E-state index contributed by atoms with van der Waals surface area (Å²) in [6.45, 7) is 7.44. The lowest BCUT2D eigenvalue weighted by molar-refractivity contribution is 0.0203. The maximum Gasteiger partial charge on any atom is 0.410 e. The fourth-order valence-corrected chi connectivity index (χ4v) is 5.54. The van der Waals surface area contributed by atoms with Gasteiger partial charge in [0.1, 0.15) is 17.2 Å². The Morgan fingerprint density at radius 2 is 1.54 bits per heavy atom. The minimum Gasteiger partial charge on any atom is -0.444 e. The molecule has 206 valence electrons. The number of carbonyl (C=O) groups excluding carboxylic acids is 2. The average Bonchev–Trinajstić information content (AvgIpc) is 3.56. The first-order chi connectivity index (χ1) is 18.6. The summed E-state index contributed by atoms with van der Waals surface area (Å²) in [5.74, 6) is -0.862. The summed E-state index contributed by atoms with van der Waals surface area (Å²) in [5.41, 5.74) is 1.95. The third-order valence-corrected chi connectivity index (χ3v) is 7.46. The van der Waals surface area contributed by atoms with Gasteiger partial charge in [0.15, 0.2) is 0 Å². The minimum atomic E-state index is -0.578. The van der Waals surface area contributed by atoms with Crippen molar-refractivity contribution in [3.63, 3.8) is 0 Å². The highest BCUT2D eigenvalue weighted by molar-refractivity contribution is 5.95. The van der Waals surface area contributed by atoms with Crippen LogP contribution in [0.3, 0.4) is 0 Å². The molecule has 2 fully saturated rings. The summed E-state index contributed by atoms with van der Waals surface area (Å²) in [7, 11) is 0. The van der Waals surface area contributed by atoms with E-state index in [1.54, 1.807) is 44.9 Å². The molecule has 5 rings (SSSR count). The fourth-order valence-electron chi connectivity index (χ4n) is 5.54. The number of nitrogens with zero attached hydrogens (tertiary/aromatic N) is 4. The van der Waals surface area contributed by atoms with Crippen molar-refractivity contribution in [2.45, 2.75) is 57.5 Å². The van der Waals surface area contributed by atoms with Crippen molar-refractivity contribution in [3.05, 3.63) is 83.2 Å². The van der Waals surface area contributed by atoms with Crippen molar-refractivity contribution < 1.29 is 23.1 Å². The van der Waals surface area contributed by atoms with Gasteiger partial charge >= 0.3 is 6.09 Å². The van der Waals surface area contributed by atoms with Gasteiger partial charge in [-0.3, -0.25) is 4.79 Å². The molecule has 2 aromatic carbocycles. The third-order valence-electron chi connectivity index (χ3n) is 7.46. The van der Waals surface area contributed by atoms with Gasteiger partial charge in [0, 0.05) is 38.0 Å². The maximum atomic E-state index is 14.4. The first-order valence-corrected chi connectivity index (χ1v) is 13.5. The number of hydrogen-bond acceptors (Lipinski definition) is 4. The Morgan fingerprint density at radius 1 is 0.897 bits per heavy atom. The number of ether oxygens (including phenoxy) is 1. The summed E-state index contributed by atoms with van der Waals surface area (Å²) in [5, 5.41) is 4.56. The summed E-state index contributed by atoms with van der Waals surface area (Å²) >= 11 is 0. The molecule has 9 heteroatoms. The zero-order chi connectivity index (χ0) is 27.7. The fraction of sp³-hybridized carbons (Fsp3) is 0.433. The molecule has 2 amide bonds. The second kappa shape index (κ2) is 10.8. The predicted octanol–water partition coefficient (Wildman–Crippen LogP) is 5.89. The molecule has 1 aromatic heterocycles. The zero-order valence-corrected chi connectivity index (χ0v) is 22.6. The highest BCUT2D eigenvalue weighted by Gasteiger charge is 2.35. The van der Waals surface area contributed by atoms with Gasteiger partial charge in [-0.2, -0.15) is 5.10 Å². The van der Waals surface area contributed by atoms with E-state index < -0.39 is 5.60 Å². The lowest BCUT2D eigenvalue weighted by Gasteiger charge is -2.34. The number of carbonyl (C=O) groups is 2. The van der Waals surface area contributed by atoms with E-state index >= 15 is 0 Å². The number of halogens is 2. The van der Waals surface area contributed by atoms with Crippen molar-refractivity contribution in [2.24, 2.45) is 0 Å². The van der Waals surface area contributed by atoms with E-state index in [4.69, 9.17) is 4.74 Å². The standard InChI is InChI=1S/C30H34F2N4O3/c1-30(2,3)39-29(38)34-15-12-20(13-16-34)27-25(18-33-36(27)23-10-8-22(31)9-11-23)28(37)35-17-14-21(19-35)24-6-4-5-7-26(24)32/h4-11,18,20-21H,12-17,19H2,1-3H3. The Morgan fingerprint density at radius 3 is 2.21 bits per heavy atom. The molecular formula is C30H34F2N4O3. The molecule has 3 aromatic rings. The normalized spacial score (nSPS) is 18.4. The van der Waals surface area contributed by atoms with Gasteiger partial charge in [0.05, 0.1) is 23.1 Å². The van der Waals surface area contributed by atoms with Crippen LogP contribution in [0.1, 0.15) is 73.5 Å². The lowest BCUT2D eigenvalue weighted by Crippen LogP contribution is -2.41. The van der Waals surface area contributed by atoms with Crippen LogP contribution < -0.4 is 0 Å². The summed E-state index contributed by atoms with van der Waals surface area (Å²) < 4.78 is 35.3. The average molecular weight is 537 g/mol. The van der Waals surface area contributed by atoms with Crippen LogP contribution in [0.2, 0.25) is 0 Å². The maximum absolute atomic E-state index is 14.4. The summed E-state index contributed by atoms with van der Waals surface area (Å²) in [4.78, 5) is 29.9. The van der Waals surface area contributed by atoms with Gasteiger partial charge < -0.3 is 14.5 Å². The predicted molar refractivity (Wildman–Crippen MR) is 143 cm³/mol. The number of piperidine rings is 1. The molecule has 1 atom stereocenters. The third kappa shape index (κ3) is 5.82. The van der Waals surface area contributed by atoms with Crippen LogP contribution in [-0.4, -0.2) is 63.4 Å². The molecule has 3 heterocycles. The Balaban J connectivity index is 1.40. The molecule has 0 spiro atoms. The molecule has 39 heavy (non-hydrogen) atoms. The molecule has 0 bridgehead atoms. The van der Waals surface area contributed by atoms with Gasteiger partial charge in [-0.15, -0.1) is 0 Å². The second-order valence-corrected chi connectivity index (χ2v) is 11.3. The van der Waals surface area contributed by atoms with Gasteiger partial charge in [-0.05, 0) is 75.9 Å². The molecule has 2 aliphatic rings. The first-order valence-electron chi connectivity index (χ1n) is 13.5. The van der Waals surface area contributed by atoms with Gasteiger partial charge in [-0.25, -0.2) is 18.3 Å². The Labute approximate surface area is 227 Å². The van der Waals surface area contributed by atoms with E-state index in [1.807, 2.05) is 26.8 Å². The van der Waals surface area contributed by atoms with Crippen molar-refractivity contribution in [3.8, 4) is 5.69 Å². The quantitative estimate of drug-likeness (QED) is 0.417. The van der Waals surface area contributed by atoms with Crippen molar-refractivity contribution in [2.75, 3.05) is 26.2 Å². The van der Waals surface area contributed by atoms with Crippen LogP contribution in [0, 0.1) is 11.6 Å². The molecule has 2 saturated heterocycles. The molecule has 7 nitrogen and oxygen atoms in total. The summed E-state index contributed by atoms with van der Waals surface area (Å²) in [6.07, 6.45) is 3.18. The molecule has 0 N–H and O–H groups in total. The van der Waals surface area contributed by atoms with Crippen molar-refractivity contribution in [1.82, 2.24) is 19.6 Å². The smallest absolute Gasteiger partial charge is 0.410 e. The monoisotopic (exact) mass is 536 g/mol. The van der Waals surface area contributed by atoms with E-state index in [-0.39, 0.29) is 35.5 Å². The largest absolute Gasteiger partial charge is 0.444 e. The lowest BCUT2D eigenvalue weighted by atomic mass is 9.90. The first kappa shape index (κ1) is 26.8. The number of likely N-dealkylation sites (tertiary alicyclic amines) is 2. The number of hydrogen-bond donors (Lipinski definition) is 0. The molecule has 0 saturated carbocycles. The van der Waals surface area contributed by atoms with Crippen LogP contribution in [-0.2, 0) is 4.74 Å². The van der Waals surface area contributed by atoms with E-state index in [2.05, 4.69) is 5.10 Å². The highest BCUT2D eigenvalue weighted by atomic mass is 19.1. The van der Waals surface area contributed by atoms with E-state index in [9.17, 15) is 18.4 Å². The van der Waals surface area contributed by atoms with Crippen LogP contribution >= 0.6 is 0 Å². The Hall–Kier alpha value is -3.75. The SMILES string of the molecule is CC(C)(C)OC(=O)N1CCC(c2c(C(=O)N3CCC(c4ccccc4F)C3)cnn2-c2ccc(F)cc2)CC1. The molecule has 2 aliphatic heterocycles. The van der Waals surface area contributed by atoms with Crippen LogP contribution in [0.15, 0.2) is 54.7 Å². The van der Waals surface area contributed by atoms with Gasteiger partial charge in [-0.1, -0.05) is 18.2 Å². The molecular weight excluding hydrogens is 502 g/mol. The van der Waals surface area contributed by atoms with E-state index in [1.165, 1.54) is 18.2 Å². The van der Waals surface area contributed by atoms with Gasteiger partial charge in [0.25, 0.3) is 5.91 Å². The number of benzene rings is 2. The van der Waals surface area contributed by atoms with Crippen LogP contribution in [0.4, 0.5) is 13.6 Å². The second-order valence-electron chi connectivity index (χ2n) is 11.3. The Bertz CT molecular complexity index is 1340.